The van der Waals surface area contributed by atoms with E-state index in [-0.39, 0.29) is 42.7 Å². The van der Waals surface area contributed by atoms with E-state index in [0.29, 0.717) is 30.8 Å². The SMILES string of the molecule is C[C@H](CO)N1C[C@H](C)[C@@H](CN(C)C(=O)Cc2cccnc2)Oc2ncc(C#CCN(C)C)cc2C1=O. The minimum Gasteiger partial charge on any atom is -0.472 e. The number of nitrogens with zero attached hydrogens (tertiary/aromatic N) is 5. The third kappa shape index (κ3) is 7.03. The Morgan fingerprint density at radius 3 is 2.78 bits per heavy atom. The van der Waals surface area contributed by atoms with E-state index in [2.05, 4.69) is 21.8 Å². The van der Waals surface area contributed by atoms with Crippen LogP contribution in [0, 0.1) is 17.8 Å². The van der Waals surface area contributed by atoms with Crippen LogP contribution in [0.2, 0.25) is 0 Å². The summed E-state index contributed by atoms with van der Waals surface area (Å²) in [6.45, 7) is 4.87. The summed E-state index contributed by atoms with van der Waals surface area (Å²) in [6, 6.07) is 4.97. The molecule has 2 aromatic rings. The molecule has 9 heteroatoms. The highest BCUT2D eigenvalue weighted by atomic mass is 16.5. The van der Waals surface area contributed by atoms with Gasteiger partial charge in [-0.1, -0.05) is 24.8 Å². The Bertz CT molecular complexity index is 1110. The average molecular weight is 494 g/mol. The number of fused-ring (bicyclic) bond motifs is 1. The highest BCUT2D eigenvalue weighted by Gasteiger charge is 2.34. The van der Waals surface area contributed by atoms with Crippen molar-refractivity contribution in [3.63, 3.8) is 0 Å². The summed E-state index contributed by atoms with van der Waals surface area (Å²) in [7, 11) is 5.60. The third-order valence-corrected chi connectivity index (χ3v) is 6.11. The zero-order valence-corrected chi connectivity index (χ0v) is 21.6. The van der Waals surface area contributed by atoms with Crippen molar-refractivity contribution < 1.29 is 19.4 Å². The van der Waals surface area contributed by atoms with Crippen LogP contribution in [0.3, 0.4) is 0 Å². The summed E-state index contributed by atoms with van der Waals surface area (Å²) >= 11 is 0. The fraction of sp³-hybridized carbons (Fsp3) is 0.481. The maximum atomic E-state index is 13.5. The molecule has 2 aromatic heterocycles. The Morgan fingerprint density at radius 1 is 1.33 bits per heavy atom. The lowest BCUT2D eigenvalue weighted by Crippen LogP contribution is -2.50. The van der Waals surface area contributed by atoms with Crippen LogP contribution < -0.4 is 4.74 Å². The van der Waals surface area contributed by atoms with E-state index < -0.39 is 6.10 Å². The molecule has 3 rings (SSSR count). The van der Waals surface area contributed by atoms with E-state index in [9.17, 15) is 14.7 Å². The van der Waals surface area contributed by atoms with Gasteiger partial charge in [-0.2, -0.15) is 0 Å². The van der Waals surface area contributed by atoms with Crippen molar-refractivity contribution in [2.24, 2.45) is 5.92 Å². The topological polar surface area (TPSA) is 99.1 Å². The first-order valence-electron chi connectivity index (χ1n) is 12.0. The zero-order chi connectivity index (χ0) is 26.2. The van der Waals surface area contributed by atoms with Crippen molar-refractivity contribution in [3.8, 4) is 17.7 Å². The highest BCUT2D eigenvalue weighted by molar-refractivity contribution is 5.97. The molecular formula is C27H35N5O4. The average Bonchev–Trinajstić information content (AvgIpc) is 2.86. The number of aliphatic hydroxyl groups is 1. The number of carbonyl (C=O) groups is 2. The molecule has 0 bridgehead atoms. The summed E-state index contributed by atoms with van der Waals surface area (Å²) in [5.41, 5.74) is 1.75. The first-order valence-corrected chi connectivity index (χ1v) is 12.0. The van der Waals surface area contributed by atoms with Crippen LogP contribution in [0.25, 0.3) is 0 Å². The number of carbonyl (C=O) groups excluding carboxylic acids is 2. The van der Waals surface area contributed by atoms with Gasteiger partial charge in [0, 0.05) is 43.7 Å². The quantitative estimate of drug-likeness (QED) is 0.581. The molecule has 36 heavy (non-hydrogen) atoms. The second-order valence-electron chi connectivity index (χ2n) is 9.55. The summed E-state index contributed by atoms with van der Waals surface area (Å²) < 4.78 is 6.27. The van der Waals surface area contributed by atoms with Gasteiger partial charge in [-0.3, -0.25) is 19.5 Å². The van der Waals surface area contributed by atoms with E-state index in [4.69, 9.17) is 4.74 Å². The third-order valence-electron chi connectivity index (χ3n) is 6.11. The van der Waals surface area contributed by atoms with Gasteiger partial charge in [-0.25, -0.2) is 4.98 Å². The predicted octanol–water partition coefficient (Wildman–Crippen LogP) is 1.31. The van der Waals surface area contributed by atoms with Crippen molar-refractivity contribution in [1.82, 2.24) is 24.7 Å². The van der Waals surface area contributed by atoms with E-state index in [1.54, 1.807) is 54.5 Å². The van der Waals surface area contributed by atoms with Gasteiger partial charge in [-0.05, 0) is 38.7 Å². The molecule has 1 aliphatic rings. The fourth-order valence-corrected chi connectivity index (χ4v) is 3.87. The van der Waals surface area contributed by atoms with Crippen molar-refractivity contribution in [1.29, 1.82) is 0 Å². The smallest absolute Gasteiger partial charge is 0.259 e. The van der Waals surface area contributed by atoms with Gasteiger partial charge in [0.2, 0.25) is 11.8 Å². The molecule has 1 N–H and O–H groups in total. The molecule has 0 aliphatic carbocycles. The summed E-state index contributed by atoms with van der Waals surface area (Å²) in [5, 5.41) is 9.82. The van der Waals surface area contributed by atoms with E-state index in [1.807, 2.05) is 32.0 Å². The van der Waals surface area contributed by atoms with Gasteiger partial charge in [-0.15, -0.1) is 0 Å². The summed E-state index contributed by atoms with van der Waals surface area (Å²) in [4.78, 5) is 40.1. The number of ether oxygens (including phenoxy) is 1. The van der Waals surface area contributed by atoms with Gasteiger partial charge >= 0.3 is 0 Å². The van der Waals surface area contributed by atoms with E-state index >= 15 is 0 Å². The molecule has 2 amide bonds. The number of hydrogen-bond acceptors (Lipinski definition) is 7. The highest BCUT2D eigenvalue weighted by Crippen LogP contribution is 2.27. The molecule has 0 saturated heterocycles. The number of pyridine rings is 2. The van der Waals surface area contributed by atoms with Crippen LogP contribution in [0.4, 0.5) is 0 Å². The number of hydrogen-bond donors (Lipinski definition) is 1. The molecule has 192 valence electrons. The molecule has 0 aromatic carbocycles. The van der Waals surface area contributed by atoms with E-state index in [0.717, 1.165) is 5.56 Å². The second kappa shape index (κ2) is 12.5. The second-order valence-corrected chi connectivity index (χ2v) is 9.55. The number of amides is 2. The number of aromatic nitrogens is 2. The maximum Gasteiger partial charge on any atom is 0.259 e. The van der Waals surface area contributed by atoms with E-state index in [1.165, 1.54) is 0 Å². The summed E-state index contributed by atoms with van der Waals surface area (Å²) in [5.74, 6) is 5.86. The van der Waals surface area contributed by atoms with Gasteiger partial charge in [0.05, 0.1) is 32.2 Å². The van der Waals surface area contributed by atoms with Crippen molar-refractivity contribution in [3.05, 3.63) is 53.5 Å². The minimum atomic E-state index is -0.411. The Balaban J connectivity index is 1.87. The Morgan fingerprint density at radius 2 is 2.11 bits per heavy atom. The predicted molar refractivity (Wildman–Crippen MR) is 136 cm³/mol. The molecule has 0 unspecified atom stereocenters. The molecule has 0 saturated carbocycles. The van der Waals surface area contributed by atoms with Crippen LogP contribution >= 0.6 is 0 Å². The molecule has 0 radical (unpaired) electrons. The first kappa shape index (κ1) is 27.1. The largest absolute Gasteiger partial charge is 0.472 e. The Kier molecular flexibility index (Phi) is 9.39. The fourth-order valence-electron chi connectivity index (χ4n) is 3.87. The molecule has 9 nitrogen and oxygen atoms in total. The number of likely N-dealkylation sites (N-methyl/N-ethyl adjacent to an activating group) is 1. The molecule has 3 atom stereocenters. The summed E-state index contributed by atoms with van der Waals surface area (Å²) in [6.07, 6.45) is 4.77. The van der Waals surface area contributed by atoms with Crippen molar-refractivity contribution in [2.45, 2.75) is 32.4 Å². The minimum absolute atomic E-state index is 0.0581. The lowest BCUT2D eigenvalue weighted by molar-refractivity contribution is -0.130. The molecule has 0 fully saturated rings. The van der Waals surface area contributed by atoms with Gasteiger partial charge in [0.15, 0.2) is 0 Å². The normalized spacial score (nSPS) is 18.3. The molecular weight excluding hydrogens is 458 g/mol. The van der Waals surface area contributed by atoms with Crippen LogP contribution in [-0.2, 0) is 11.2 Å². The van der Waals surface area contributed by atoms with Crippen LogP contribution in [0.1, 0.15) is 35.3 Å². The van der Waals surface area contributed by atoms with Crippen LogP contribution in [-0.4, -0.2) is 101 Å². The monoisotopic (exact) mass is 493 g/mol. The van der Waals surface area contributed by atoms with Gasteiger partial charge in [0.1, 0.15) is 11.7 Å². The maximum absolute atomic E-state index is 13.5. The molecule has 0 spiro atoms. The zero-order valence-electron chi connectivity index (χ0n) is 21.6. The van der Waals surface area contributed by atoms with Crippen LogP contribution in [0.15, 0.2) is 36.8 Å². The first-order chi connectivity index (χ1) is 17.2. The number of aliphatic hydroxyl groups excluding tert-OH is 1. The Hall–Kier alpha value is -3.48. The number of rotatable bonds is 7. The Labute approximate surface area is 213 Å². The molecule has 1 aliphatic heterocycles. The lowest BCUT2D eigenvalue weighted by Gasteiger charge is -2.37. The van der Waals surface area contributed by atoms with Gasteiger partial charge in [0.25, 0.3) is 5.91 Å². The molecule has 3 heterocycles. The van der Waals surface area contributed by atoms with Crippen molar-refractivity contribution >= 4 is 11.8 Å². The van der Waals surface area contributed by atoms with Crippen molar-refractivity contribution in [2.75, 3.05) is 47.4 Å². The lowest BCUT2D eigenvalue weighted by atomic mass is 9.99. The van der Waals surface area contributed by atoms with Gasteiger partial charge < -0.3 is 19.6 Å². The standard InChI is InChI=1S/C27H35N5O4/c1-19-16-32(20(2)18-33)27(35)23-12-21(9-7-11-30(3)4)15-29-26(23)36-24(19)17-31(5)25(34)13-22-8-6-10-28-14-22/h6,8,10,12,14-15,19-20,24,33H,11,13,16-18H2,1-5H3/t19-,20+,24+/m0/s1. The van der Waals surface area contributed by atoms with Crippen LogP contribution in [0.5, 0.6) is 5.88 Å².